The lowest BCUT2D eigenvalue weighted by atomic mass is 10.0. The predicted octanol–water partition coefficient (Wildman–Crippen LogP) is 3.82. The molecule has 11 heteroatoms. The molecule has 0 saturated carbocycles. The number of hydrogen-bond acceptors (Lipinski definition) is 9. The minimum atomic E-state index is -0.454. The number of nitrogens with one attached hydrogen (secondary N) is 1. The van der Waals surface area contributed by atoms with Gasteiger partial charge in [0.05, 0.1) is 5.56 Å². The highest BCUT2D eigenvalue weighted by molar-refractivity contribution is 7.18. The fourth-order valence-corrected chi connectivity index (χ4v) is 5.36. The molecule has 1 amide bonds. The van der Waals surface area contributed by atoms with Crippen LogP contribution in [-0.2, 0) is 4.74 Å². The highest BCUT2D eigenvalue weighted by atomic mass is 35.5. The summed E-state index contributed by atoms with van der Waals surface area (Å²) < 4.78 is 5.51. The van der Waals surface area contributed by atoms with Gasteiger partial charge in [-0.05, 0) is 39.7 Å². The van der Waals surface area contributed by atoms with Crippen molar-refractivity contribution in [3.63, 3.8) is 0 Å². The number of piperidine rings is 1. The van der Waals surface area contributed by atoms with E-state index < -0.39 is 5.60 Å². The van der Waals surface area contributed by atoms with Gasteiger partial charge in [0, 0.05) is 64.2 Å². The number of ether oxygens (including phenoxy) is 1. The van der Waals surface area contributed by atoms with Crippen molar-refractivity contribution in [2.24, 2.45) is 0 Å². The van der Waals surface area contributed by atoms with E-state index in [1.807, 2.05) is 32.7 Å². The zero-order valence-corrected chi connectivity index (χ0v) is 21.2. The number of rotatable bonds is 4. The molecule has 2 aromatic rings. The van der Waals surface area contributed by atoms with Crippen molar-refractivity contribution in [1.82, 2.24) is 25.0 Å². The summed E-state index contributed by atoms with van der Waals surface area (Å²) >= 11 is 7.60. The smallest absolute Gasteiger partial charge is 0.410 e. The Hall–Kier alpha value is -2.17. The molecule has 2 aliphatic heterocycles. The van der Waals surface area contributed by atoms with Crippen LogP contribution >= 0.6 is 22.9 Å². The van der Waals surface area contributed by atoms with Crippen molar-refractivity contribution < 1.29 is 9.53 Å². The molecule has 180 valence electrons. The second kappa shape index (κ2) is 9.99. The quantitative estimate of drug-likeness (QED) is 0.643. The first-order valence-electron chi connectivity index (χ1n) is 11.4. The van der Waals surface area contributed by atoms with E-state index in [0.717, 1.165) is 73.5 Å². The Morgan fingerprint density at radius 3 is 2.48 bits per heavy atom. The first-order valence-corrected chi connectivity index (χ1v) is 12.6. The van der Waals surface area contributed by atoms with E-state index in [1.165, 1.54) is 0 Å². The Balaban J connectivity index is 1.29. The van der Waals surface area contributed by atoms with Gasteiger partial charge in [-0.15, -0.1) is 10.2 Å². The second-order valence-electron chi connectivity index (χ2n) is 9.41. The summed E-state index contributed by atoms with van der Waals surface area (Å²) in [5.74, 6) is 0. The van der Waals surface area contributed by atoms with Crippen molar-refractivity contribution in [3.8, 4) is 10.6 Å². The van der Waals surface area contributed by atoms with E-state index >= 15 is 0 Å². The van der Waals surface area contributed by atoms with Crippen LogP contribution in [0.4, 0.5) is 15.6 Å². The normalized spacial score (nSPS) is 18.5. The molecule has 2 fully saturated rings. The van der Waals surface area contributed by atoms with Crippen LogP contribution in [0.25, 0.3) is 10.6 Å². The largest absolute Gasteiger partial charge is 0.444 e. The number of halogens is 1. The first-order chi connectivity index (χ1) is 15.7. The number of amides is 1. The molecule has 9 nitrogen and oxygen atoms in total. The molecule has 0 radical (unpaired) electrons. The summed E-state index contributed by atoms with van der Waals surface area (Å²) in [5.41, 5.74) is 1.34. The number of nitrogens with zero attached hydrogens (tertiary/aromatic N) is 6. The van der Waals surface area contributed by atoms with Gasteiger partial charge >= 0.3 is 6.09 Å². The van der Waals surface area contributed by atoms with Gasteiger partial charge in [-0.2, -0.15) is 0 Å². The predicted molar refractivity (Wildman–Crippen MR) is 132 cm³/mol. The van der Waals surface area contributed by atoms with Crippen LogP contribution in [0.5, 0.6) is 0 Å². The van der Waals surface area contributed by atoms with Gasteiger partial charge in [0.1, 0.15) is 10.8 Å². The minimum absolute atomic E-state index is 0.207. The zero-order chi connectivity index (χ0) is 23.6. The van der Waals surface area contributed by atoms with E-state index in [-0.39, 0.29) is 6.09 Å². The standard InChI is InChI=1S/C22H32ClN7O2S/c1-22(2,3)32-21(31)30-11-9-28(10-12-30)15-5-7-29(8-6-15)20-27-26-19(33-20)16-14-25-18(23)13-17(16)24-4/h13-15H,5-12H2,1-4H3,(H,24,25). The molecule has 2 aromatic heterocycles. The van der Waals surface area contributed by atoms with Gasteiger partial charge in [-0.3, -0.25) is 4.90 Å². The number of carbonyl (C=O) groups is 1. The number of aromatic nitrogens is 3. The highest BCUT2D eigenvalue weighted by Crippen LogP contribution is 2.35. The average molecular weight is 494 g/mol. The SMILES string of the molecule is CNc1cc(Cl)ncc1-c1nnc(N2CCC(N3CCN(C(=O)OC(C)(C)C)CC3)CC2)s1. The van der Waals surface area contributed by atoms with Crippen molar-refractivity contribution in [2.75, 3.05) is 56.5 Å². The summed E-state index contributed by atoms with van der Waals surface area (Å²) in [6, 6.07) is 2.33. The van der Waals surface area contributed by atoms with Crippen LogP contribution in [-0.4, -0.2) is 89.0 Å². The molecule has 0 spiro atoms. The molecule has 0 bridgehead atoms. The van der Waals surface area contributed by atoms with E-state index in [1.54, 1.807) is 23.6 Å². The molecule has 0 unspecified atom stereocenters. The van der Waals surface area contributed by atoms with Gasteiger partial charge in [-0.25, -0.2) is 9.78 Å². The van der Waals surface area contributed by atoms with Crippen LogP contribution in [0, 0.1) is 0 Å². The van der Waals surface area contributed by atoms with Crippen molar-refractivity contribution in [3.05, 3.63) is 17.4 Å². The molecule has 0 atom stereocenters. The van der Waals surface area contributed by atoms with Crippen molar-refractivity contribution in [2.45, 2.75) is 45.3 Å². The van der Waals surface area contributed by atoms with Crippen LogP contribution < -0.4 is 10.2 Å². The molecule has 2 aliphatic rings. The number of hydrogen-bond donors (Lipinski definition) is 1. The molecule has 4 heterocycles. The lowest BCUT2D eigenvalue weighted by Crippen LogP contribution is -2.55. The zero-order valence-electron chi connectivity index (χ0n) is 19.7. The van der Waals surface area contributed by atoms with Gasteiger partial charge in [-0.1, -0.05) is 22.9 Å². The number of pyridine rings is 1. The Bertz CT molecular complexity index is 964. The van der Waals surface area contributed by atoms with Crippen molar-refractivity contribution >= 4 is 39.8 Å². The highest BCUT2D eigenvalue weighted by Gasteiger charge is 2.31. The average Bonchev–Trinajstić information content (AvgIpc) is 3.28. The Morgan fingerprint density at radius 1 is 1.15 bits per heavy atom. The molecular weight excluding hydrogens is 462 g/mol. The van der Waals surface area contributed by atoms with Crippen LogP contribution in [0.15, 0.2) is 12.3 Å². The minimum Gasteiger partial charge on any atom is -0.444 e. The molecule has 0 aliphatic carbocycles. The maximum atomic E-state index is 12.3. The Labute approximate surface area is 204 Å². The fourth-order valence-electron chi connectivity index (χ4n) is 4.28. The van der Waals surface area contributed by atoms with E-state index in [2.05, 4.69) is 30.3 Å². The molecule has 2 saturated heterocycles. The summed E-state index contributed by atoms with van der Waals surface area (Å²) in [4.78, 5) is 23.2. The lowest BCUT2D eigenvalue weighted by Gasteiger charge is -2.42. The monoisotopic (exact) mass is 493 g/mol. The third-order valence-corrected chi connectivity index (χ3v) is 7.23. The van der Waals surface area contributed by atoms with E-state index in [0.29, 0.717) is 11.2 Å². The maximum absolute atomic E-state index is 12.3. The number of anilines is 2. The van der Waals surface area contributed by atoms with E-state index in [9.17, 15) is 4.79 Å². The summed E-state index contributed by atoms with van der Waals surface area (Å²) in [7, 11) is 1.86. The van der Waals surface area contributed by atoms with Crippen LogP contribution in [0.2, 0.25) is 5.15 Å². The van der Waals surface area contributed by atoms with Gasteiger partial charge < -0.3 is 19.9 Å². The summed E-state index contributed by atoms with van der Waals surface area (Å²) in [6.07, 6.45) is 3.68. The van der Waals surface area contributed by atoms with Gasteiger partial charge in [0.25, 0.3) is 0 Å². The first kappa shape index (κ1) is 24.0. The van der Waals surface area contributed by atoms with Gasteiger partial charge in [0.2, 0.25) is 5.13 Å². The number of piperazine rings is 1. The fraction of sp³-hybridized carbons (Fsp3) is 0.636. The lowest BCUT2D eigenvalue weighted by molar-refractivity contribution is 0.00902. The Morgan fingerprint density at radius 2 is 1.85 bits per heavy atom. The summed E-state index contributed by atoms with van der Waals surface area (Å²) in [5, 5.41) is 14.2. The summed E-state index contributed by atoms with van der Waals surface area (Å²) in [6.45, 7) is 10.8. The molecule has 1 N–H and O–H groups in total. The molecule has 4 rings (SSSR count). The van der Waals surface area contributed by atoms with E-state index in [4.69, 9.17) is 16.3 Å². The maximum Gasteiger partial charge on any atom is 0.410 e. The molecular formula is C22H32ClN7O2S. The van der Waals surface area contributed by atoms with Crippen LogP contribution in [0.1, 0.15) is 33.6 Å². The third kappa shape index (κ3) is 5.85. The van der Waals surface area contributed by atoms with Gasteiger partial charge in [0.15, 0.2) is 5.01 Å². The third-order valence-electron chi connectivity index (χ3n) is 6.00. The van der Waals surface area contributed by atoms with Crippen molar-refractivity contribution in [1.29, 1.82) is 0 Å². The van der Waals surface area contributed by atoms with Crippen LogP contribution in [0.3, 0.4) is 0 Å². The molecule has 0 aromatic carbocycles. The topological polar surface area (TPSA) is 86.7 Å². The number of carbonyl (C=O) groups excluding carboxylic acids is 1. The molecule has 33 heavy (non-hydrogen) atoms. The Kier molecular flexibility index (Phi) is 7.25. The second-order valence-corrected chi connectivity index (χ2v) is 10.8.